The summed E-state index contributed by atoms with van der Waals surface area (Å²) in [7, 11) is 0. The molecule has 0 aromatic rings. The highest BCUT2D eigenvalue weighted by atomic mass is 35.5. The van der Waals surface area contributed by atoms with Crippen molar-refractivity contribution in [2.45, 2.75) is 63.6 Å². The summed E-state index contributed by atoms with van der Waals surface area (Å²) in [5.74, 6) is -2.30. The van der Waals surface area contributed by atoms with Crippen LogP contribution in [-0.4, -0.2) is 49.9 Å². The number of hydrogen-bond acceptors (Lipinski definition) is 5. The molecule has 166 valence electrons. The van der Waals surface area contributed by atoms with Crippen LogP contribution in [0.2, 0.25) is 0 Å². The van der Waals surface area contributed by atoms with E-state index < -0.39 is 63.0 Å². The van der Waals surface area contributed by atoms with Crippen LogP contribution in [0.4, 0.5) is 8.78 Å². The third-order valence-corrected chi connectivity index (χ3v) is 9.72. The van der Waals surface area contributed by atoms with E-state index in [2.05, 4.69) is 0 Å². The maximum absolute atomic E-state index is 17.0. The molecule has 0 bridgehead atoms. The number of rotatable bonds is 2. The zero-order chi connectivity index (χ0) is 22.3. The van der Waals surface area contributed by atoms with E-state index in [1.165, 1.54) is 19.1 Å². The first-order valence-corrected chi connectivity index (χ1v) is 11.8. The molecule has 2 N–H and O–H groups in total. The molecular weight excluding hydrogens is 434 g/mol. The van der Waals surface area contributed by atoms with Crippen LogP contribution in [-0.2, 0) is 9.59 Å². The highest BCUT2D eigenvalue weighted by molar-refractivity contribution is 8.14. The Morgan fingerprint density at radius 1 is 1.33 bits per heavy atom. The summed E-state index contributed by atoms with van der Waals surface area (Å²) < 4.78 is 32.3. The first-order valence-electron chi connectivity index (χ1n) is 10.3. The van der Waals surface area contributed by atoms with Crippen LogP contribution >= 0.6 is 23.4 Å². The van der Waals surface area contributed by atoms with Gasteiger partial charge in [-0.2, -0.15) is 0 Å². The number of halogens is 3. The van der Waals surface area contributed by atoms with E-state index in [0.717, 1.165) is 17.8 Å². The van der Waals surface area contributed by atoms with Crippen LogP contribution in [0.15, 0.2) is 23.8 Å². The predicted molar refractivity (Wildman–Crippen MR) is 111 cm³/mol. The maximum Gasteiger partial charge on any atom is 0.222 e. The van der Waals surface area contributed by atoms with Gasteiger partial charge in [0.25, 0.3) is 0 Å². The van der Waals surface area contributed by atoms with Gasteiger partial charge in [0, 0.05) is 16.7 Å². The van der Waals surface area contributed by atoms with Crippen molar-refractivity contribution in [1.29, 1.82) is 0 Å². The average molecular weight is 461 g/mol. The highest BCUT2D eigenvalue weighted by Gasteiger charge is 2.76. The number of ketones is 1. The molecule has 3 fully saturated rings. The molecule has 9 atom stereocenters. The quantitative estimate of drug-likeness (QED) is 0.614. The molecule has 30 heavy (non-hydrogen) atoms. The van der Waals surface area contributed by atoms with Gasteiger partial charge in [-0.1, -0.05) is 31.7 Å². The van der Waals surface area contributed by atoms with Crippen molar-refractivity contribution >= 4 is 34.3 Å². The molecule has 3 saturated carbocycles. The molecule has 4 aliphatic carbocycles. The summed E-state index contributed by atoms with van der Waals surface area (Å²) in [5.41, 5.74) is -6.53. The van der Waals surface area contributed by atoms with Crippen molar-refractivity contribution in [3.05, 3.63) is 23.8 Å². The van der Waals surface area contributed by atoms with E-state index >= 15 is 8.78 Å². The van der Waals surface area contributed by atoms with Crippen LogP contribution in [0.3, 0.4) is 0 Å². The van der Waals surface area contributed by atoms with Gasteiger partial charge in [0.1, 0.15) is 11.8 Å². The molecule has 0 heterocycles. The van der Waals surface area contributed by atoms with Gasteiger partial charge >= 0.3 is 0 Å². The van der Waals surface area contributed by atoms with Gasteiger partial charge in [0.05, 0.1) is 11.3 Å². The largest absolute Gasteiger partial charge is 0.390 e. The molecular formula is C22H27ClF2O4S. The first kappa shape index (κ1) is 22.4. The number of alkyl halides is 3. The Morgan fingerprint density at radius 3 is 2.63 bits per heavy atom. The van der Waals surface area contributed by atoms with Crippen LogP contribution in [0.5, 0.6) is 0 Å². The second kappa shape index (κ2) is 6.87. The first-order chi connectivity index (χ1) is 13.9. The summed E-state index contributed by atoms with van der Waals surface area (Å²) in [5, 5.41) is 22.2. The zero-order valence-corrected chi connectivity index (χ0v) is 18.8. The fourth-order valence-corrected chi connectivity index (χ4v) is 8.19. The lowest BCUT2D eigenvalue weighted by Gasteiger charge is -2.63. The van der Waals surface area contributed by atoms with E-state index in [-0.39, 0.29) is 23.6 Å². The molecule has 5 unspecified atom stereocenters. The van der Waals surface area contributed by atoms with Gasteiger partial charge in [-0.15, -0.1) is 11.6 Å². The third kappa shape index (κ3) is 2.46. The van der Waals surface area contributed by atoms with Crippen LogP contribution in [0.1, 0.15) is 40.0 Å². The minimum absolute atomic E-state index is 0.0226. The third-order valence-electron chi connectivity index (χ3n) is 8.71. The Labute approximate surface area is 184 Å². The van der Waals surface area contributed by atoms with E-state index in [1.807, 2.05) is 0 Å². The van der Waals surface area contributed by atoms with Crippen molar-refractivity contribution in [3.8, 4) is 0 Å². The number of aliphatic hydroxyl groups excluding tert-OH is 1. The molecule has 0 amide bonds. The molecule has 4 nitrogen and oxygen atoms in total. The second-order valence-electron chi connectivity index (χ2n) is 9.80. The van der Waals surface area contributed by atoms with Crippen LogP contribution < -0.4 is 0 Å². The minimum Gasteiger partial charge on any atom is -0.390 e. The summed E-state index contributed by atoms with van der Waals surface area (Å²) >= 11 is 6.53. The number of fused-ring (bicyclic) bond motifs is 5. The number of hydrogen-bond donors (Lipinski definition) is 2. The zero-order valence-electron chi connectivity index (χ0n) is 17.2. The molecule has 0 spiro atoms. The Bertz CT molecular complexity index is 864. The number of allylic oxidation sites excluding steroid dienone is 4. The van der Waals surface area contributed by atoms with Gasteiger partial charge in [-0.25, -0.2) is 8.78 Å². The van der Waals surface area contributed by atoms with Crippen LogP contribution in [0, 0.1) is 28.6 Å². The average Bonchev–Trinajstić information content (AvgIpc) is 2.88. The molecule has 4 rings (SSSR count). The Balaban J connectivity index is 1.84. The fourth-order valence-electron chi connectivity index (χ4n) is 7.13. The Morgan fingerprint density at radius 2 is 2.00 bits per heavy atom. The van der Waals surface area contributed by atoms with E-state index in [4.69, 9.17) is 11.6 Å². The second-order valence-corrected chi connectivity index (χ2v) is 11.3. The molecule has 0 aromatic carbocycles. The number of carbonyl (C=O) groups is 2. The van der Waals surface area contributed by atoms with Gasteiger partial charge in [0.2, 0.25) is 5.12 Å². The van der Waals surface area contributed by atoms with E-state index in [9.17, 15) is 19.8 Å². The summed E-state index contributed by atoms with van der Waals surface area (Å²) in [4.78, 5) is 24.7. The van der Waals surface area contributed by atoms with Gasteiger partial charge < -0.3 is 10.2 Å². The molecule has 0 aliphatic heterocycles. The molecule has 4 aliphatic rings. The number of carbonyl (C=O) groups excluding carboxylic acids is 2. The monoisotopic (exact) mass is 460 g/mol. The topological polar surface area (TPSA) is 74.6 Å². The lowest BCUT2D eigenvalue weighted by molar-refractivity contribution is -0.221. The maximum atomic E-state index is 17.0. The molecule has 0 saturated heterocycles. The van der Waals surface area contributed by atoms with E-state index in [0.29, 0.717) is 6.42 Å². The Kier molecular flexibility index (Phi) is 5.14. The van der Waals surface area contributed by atoms with Crippen molar-refractivity contribution in [2.24, 2.45) is 28.6 Å². The summed E-state index contributed by atoms with van der Waals surface area (Å²) in [6.45, 7) is 4.98. The van der Waals surface area contributed by atoms with E-state index in [1.54, 1.807) is 13.8 Å². The van der Waals surface area contributed by atoms with Crippen LogP contribution in [0.25, 0.3) is 0 Å². The lowest BCUT2D eigenvalue weighted by Crippen LogP contribution is -2.70. The standard InChI is InChI=1S/C22H27ClF2O4S/c1-11-6-13-14-8-16(24)15-7-12(26)4-5-19(15,2)21(14,25)17(27)9-20(13,3)22(11,29)18(28)30-10-23/h4-5,7,11,13-14,16-17,27,29H,6,8-10H2,1-3H3/t11?,13?,14?,16?,17?,19-,20-,21-,22-/m0/s1. The van der Waals surface area contributed by atoms with Gasteiger partial charge in [-0.3, -0.25) is 9.59 Å². The molecule has 8 heteroatoms. The molecule has 0 aromatic heterocycles. The van der Waals surface area contributed by atoms with Crippen molar-refractivity contribution in [1.82, 2.24) is 0 Å². The number of aliphatic hydroxyl groups is 2. The summed E-state index contributed by atoms with van der Waals surface area (Å²) in [6, 6.07) is 0. The normalized spacial score (nSPS) is 52.3. The van der Waals surface area contributed by atoms with Crippen molar-refractivity contribution in [3.63, 3.8) is 0 Å². The number of thioether (sulfide) groups is 1. The smallest absolute Gasteiger partial charge is 0.222 e. The highest BCUT2D eigenvalue weighted by Crippen LogP contribution is 2.71. The van der Waals surface area contributed by atoms with Crippen molar-refractivity contribution < 1.29 is 28.6 Å². The summed E-state index contributed by atoms with van der Waals surface area (Å²) in [6.07, 6.45) is 0.699. The SMILES string of the molecule is CC1CC2C3CC(F)C4=CC(=O)C=C[C@]4(C)[C@@]3(F)C(O)C[C@]2(C)[C@@]1(O)C(=O)SCCl. The van der Waals surface area contributed by atoms with Gasteiger partial charge in [-0.05, 0) is 55.7 Å². The minimum atomic E-state index is -2.21. The predicted octanol–water partition coefficient (Wildman–Crippen LogP) is 3.74. The fraction of sp³-hybridized carbons (Fsp3) is 0.727. The van der Waals surface area contributed by atoms with Crippen molar-refractivity contribution in [2.75, 3.05) is 5.21 Å². The lowest BCUT2D eigenvalue weighted by atomic mass is 9.44. The van der Waals surface area contributed by atoms with Gasteiger partial charge in [0.15, 0.2) is 11.5 Å². The molecule has 0 radical (unpaired) electrons. The Hall–Kier alpha value is -0.760.